The Bertz CT molecular complexity index is 1330. The maximum absolute atomic E-state index is 13.3. The summed E-state index contributed by atoms with van der Waals surface area (Å²) in [6.07, 6.45) is 1.76. The van der Waals surface area contributed by atoms with E-state index in [0.717, 1.165) is 6.07 Å². The van der Waals surface area contributed by atoms with Crippen LogP contribution in [0.4, 0.5) is 13.2 Å². The average molecular weight is 518 g/mol. The molecule has 1 unspecified atom stereocenters. The molecule has 1 N–H and O–H groups in total. The van der Waals surface area contributed by atoms with Gasteiger partial charge in [0.05, 0.1) is 12.5 Å². The largest absolute Gasteiger partial charge is 0.534 e. The van der Waals surface area contributed by atoms with Crippen molar-refractivity contribution in [2.45, 2.75) is 17.0 Å². The lowest BCUT2D eigenvalue weighted by molar-refractivity contribution is -0.141. The molecular formula is C26H22F3NO5S. The fourth-order valence-corrected chi connectivity index (χ4v) is 5.05. The highest BCUT2D eigenvalue weighted by molar-refractivity contribution is 7.88. The standard InChI is InChI=1S/C26H22F3NO5S/c1-34-24(31)23-21(16-17-30-23)25(18-10-4-2-5-11-18,19-12-6-3-7-13-19)20-14-8-9-15-22(20)35-36(32,33)26(27,28)29/h2-16,23,30H,17H2,1H3. The Morgan fingerprint density at radius 1 is 0.889 bits per heavy atom. The Kier molecular flexibility index (Phi) is 6.92. The maximum Gasteiger partial charge on any atom is 0.534 e. The molecule has 0 spiro atoms. The van der Waals surface area contributed by atoms with Gasteiger partial charge in [-0.15, -0.1) is 0 Å². The number of carbonyl (C=O) groups is 1. The van der Waals surface area contributed by atoms with Crippen molar-refractivity contribution in [3.63, 3.8) is 0 Å². The quantitative estimate of drug-likeness (QED) is 0.165. The predicted octanol–water partition coefficient (Wildman–Crippen LogP) is 4.32. The molecule has 0 bridgehead atoms. The van der Waals surface area contributed by atoms with Crippen molar-refractivity contribution >= 4 is 16.1 Å². The fraction of sp³-hybridized carbons (Fsp3) is 0.192. The summed E-state index contributed by atoms with van der Waals surface area (Å²) in [5, 5.41) is 3.06. The summed E-state index contributed by atoms with van der Waals surface area (Å²) in [7, 11) is -4.75. The van der Waals surface area contributed by atoms with E-state index in [9.17, 15) is 26.4 Å². The van der Waals surface area contributed by atoms with Crippen LogP contribution in [-0.4, -0.2) is 39.6 Å². The molecule has 36 heavy (non-hydrogen) atoms. The molecule has 0 radical (unpaired) electrons. The third-order valence-electron chi connectivity index (χ3n) is 6.01. The van der Waals surface area contributed by atoms with Gasteiger partial charge in [0.25, 0.3) is 0 Å². The second-order valence-electron chi connectivity index (χ2n) is 7.99. The number of para-hydroxylation sites is 1. The first kappa shape index (κ1) is 25.5. The zero-order valence-electron chi connectivity index (χ0n) is 19.0. The fourth-order valence-electron chi connectivity index (χ4n) is 4.57. The SMILES string of the molecule is COC(=O)C1NCC=C1C(c1ccccc1)(c1ccccc1)c1ccccc1OS(=O)(=O)C(F)(F)F. The van der Waals surface area contributed by atoms with E-state index in [1.54, 1.807) is 72.8 Å². The lowest BCUT2D eigenvalue weighted by Crippen LogP contribution is -2.44. The van der Waals surface area contributed by atoms with E-state index in [-0.39, 0.29) is 12.1 Å². The van der Waals surface area contributed by atoms with E-state index >= 15 is 0 Å². The molecule has 0 amide bonds. The number of benzene rings is 3. The van der Waals surface area contributed by atoms with Crippen molar-refractivity contribution in [3.8, 4) is 5.75 Å². The van der Waals surface area contributed by atoms with Crippen LogP contribution in [0.25, 0.3) is 0 Å². The third-order valence-corrected chi connectivity index (χ3v) is 6.98. The van der Waals surface area contributed by atoms with Gasteiger partial charge in [0.15, 0.2) is 0 Å². The van der Waals surface area contributed by atoms with E-state index in [0.29, 0.717) is 16.7 Å². The van der Waals surface area contributed by atoms with Crippen LogP contribution in [0, 0.1) is 0 Å². The van der Waals surface area contributed by atoms with Crippen LogP contribution in [0.3, 0.4) is 0 Å². The van der Waals surface area contributed by atoms with Gasteiger partial charge in [0.2, 0.25) is 0 Å². The van der Waals surface area contributed by atoms with Crippen LogP contribution in [0.15, 0.2) is 96.6 Å². The highest BCUT2D eigenvalue weighted by Crippen LogP contribution is 2.50. The minimum Gasteiger partial charge on any atom is -0.468 e. The minimum absolute atomic E-state index is 0.110. The van der Waals surface area contributed by atoms with Gasteiger partial charge in [0.1, 0.15) is 11.8 Å². The van der Waals surface area contributed by atoms with E-state index < -0.39 is 38.8 Å². The molecule has 0 aliphatic carbocycles. The number of hydrogen-bond acceptors (Lipinski definition) is 6. The molecule has 0 fully saturated rings. The first-order chi connectivity index (χ1) is 17.1. The summed E-state index contributed by atoms with van der Waals surface area (Å²) in [6, 6.07) is 22.2. The molecule has 3 aromatic rings. The molecule has 0 aromatic heterocycles. The van der Waals surface area contributed by atoms with E-state index in [2.05, 4.69) is 5.32 Å². The summed E-state index contributed by atoms with van der Waals surface area (Å²) in [6.45, 7) is 0.278. The van der Waals surface area contributed by atoms with E-state index in [4.69, 9.17) is 8.92 Å². The zero-order chi connectivity index (χ0) is 26.0. The second kappa shape index (κ2) is 9.79. The van der Waals surface area contributed by atoms with Gasteiger partial charge in [-0.05, 0) is 22.8 Å². The first-order valence-corrected chi connectivity index (χ1v) is 12.3. The normalized spacial score (nSPS) is 16.3. The second-order valence-corrected chi connectivity index (χ2v) is 9.52. The molecule has 1 heterocycles. The van der Waals surface area contributed by atoms with Crippen LogP contribution in [0.2, 0.25) is 0 Å². The molecule has 6 nitrogen and oxygen atoms in total. The Morgan fingerprint density at radius 3 is 1.94 bits per heavy atom. The highest BCUT2D eigenvalue weighted by atomic mass is 32.2. The van der Waals surface area contributed by atoms with Gasteiger partial charge in [-0.1, -0.05) is 84.9 Å². The van der Waals surface area contributed by atoms with Crippen LogP contribution in [-0.2, 0) is 25.1 Å². The number of halogens is 3. The third kappa shape index (κ3) is 4.38. The summed E-state index contributed by atoms with van der Waals surface area (Å²) < 4.78 is 73.8. The Morgan fingerprint density at radius 2 is 1.42 bits per heavy atom. The van der Waals surface area contributed by atoms with Crippen LogP contribution in [0.1, 0.15) is 16.7 Å². The first-order valence-electron chi connectivity index (χ1n) is 10.9. The van der Waals surface area contributed by atoms with Crippen molar-refractivity contribution in [2.75, 3.05) is 13.7 Å². The number of hydrogen-bond donors (Lipinski definition) is 1. The number of carbonyl (C=O) groups excluding carboxylic acids is 1. The number of ether oxygens (including phenoxy) is 1. The summed E-state index contributed by atoms with van der Waals surface area (Å²) in [5.41, 5.74) is -5.31. The monoisotopic (exact) mass is 517 g/mol. The van der Waals surface area contributed by atoms with Crippen molar-refractivity contribution in [3.05, 3.63) is 113 Å². The van der Waals surface area contributed by atoms with Crippen LogP contribution < -0.4 is 9.50 Å². The number of nitrogens with one attached hydrogen (secondary N) is 1. The van der Waals surface area contributed by atoms with Gasteiger partial charge < -0.3 is 8.92 Å². The molecule has 3 aromatic carbocycles. The van der Waals surface area contributed by atoms with Gasteiger partial charge in [-0.25, -0.2) is 0 Å². The molecule has 1 atom stereocenters. The number of esters is 1. The maximum atomic E-state index is 13.3. The Labute approximate surface area is 206 Å². The topological polar surface area (TPSA) is 81.7 Å². The van der Waals surface area contributed by atoms with Gasteiger partial charge >= 0.3 is 21.6 Å². The highest BCUT2D eigenvalue weighted by Gasteiger charge is 2.51. The molecule has 4 rings (SSSR count). The van der Waals surface area contributed by atoms with Gasteiger partial charge in [-0.3, -0.25) is 10.1 Å². The Hall–Kier alpha value is -3.63. The van der Waals surface area contributed by atoms with Crippen LogP contribution in [0.5, 0.6) is 5.75 Å². The molecule has 10 heteroatoms. The van der Waals surface area contributed by atoms with Crippen molar-refractivity contribution in [2.24, 2.45) is 0 Å². The van der Waals surface area contributed by atoms with Crippen molar-refractivity contribution in [1.82, 2.24) is 5.32 Å². The van der Waals surface area contributed by atoms with Crippen molar-refractivity contribution < 1.29 is 35.3 Å². The molecule has 1 aliphatic heterocycles. The molecule has 188 valence electrons. The minimum atomic E-state index is -5.98. The summed E-state index contributed by atoms with van der Waals surface area (Å²) in [5.74, 6) is -1.12. The summed E-state index contributed by atoms with van der Waals surface area (Å²) >= 11 is 0. The van der Waals surface area contributed by atoms with E-state index in [1.807, 2.05) is 0 Å². The molecular weight excluding hydrogens is 495 g/mol. The number of rotatable bonds is 7. The van der Waals surface area contributed by atoms with Crippen molar-refractivity contribution in [1.29, 1.82) is 0 Å². The van der Waals surface area contributed by atoms with Gasteiger partial charge in [0, 0.05) is 12.1 Å². The lowest BCUT2D eigenvalue weighted by atomic mass is 9.63. The molecule has 0 saturated heterocycles. The van der Waals surface area contributed by atoms with Crippen LogP contribution >= 0.6 is 0 Å². The van der Waals surface area contributed by atoms with Gasteiger partial charge in [-0.2, -0.15) is 21.6 Å². The molecule has 0 saturated carbocycles. The lowest BCUT2D eigenvalue weighted by Gasteiger charge is -2.40. The summed E-state index contributed by atoms with van der Waals surface area (Å²) in [4.78, 5) is 12.8. The number of alkyl halides is 3. The molecule has 1 aliphatic rings. The Balaban J connectivity index is 2.10. The number of methoxy groups -OCH3 is 1. The average Bonchev–Trinajstić information content (AvgIpc) is 3.36. The predicted molar refractivity (Wildman–Crippen MR) is 127 cm³/mol. The zero-order valence-corrected chi connectivity index (χ0v) is 19.8. The van der Waals surface area contributed by atoms with E-state index in [1.165, 1.54) is 19.2 Å². The smallest absolute Gasteiger partial charge is 0.468 e.